The van der Waals surface area contributed by atoms with Crippen LogP contribution in [0.4, 0.5) is 4.79 Å². The predicted molar refractivity (Wildman–Crippen MR) is 181 cm³/mol. The van der Waals surface area contributed by atoms with Crippen LogP contribution in [0.15, 0.2) is 101 Å². The molecule has 0 aliphatic carbocycles. The van der Waals surface area contributed by atoms with Gasteiger partial charge in [0.05, 0.1) is 26.9 Å². The van der Waals surface area contributed by atoms with E-state index in [1.807, 2.05) is 61.0 Å². The molecule has 11 nitrogen and oxygen atoms in total. The Morgan fingerprint density at radius 1 is 0.851 bits per heavy atom. The Labute approximate surface area is 275 Å². The maximum absolute atomic E-state index is 12.3. The van der Waals surface area contributed by atoms with Gasteiger partial charge in [0, 0.05) is 18.7 Å². The summed E-state index contributed by atoms with van der Waals surface area (Å²) in [6.45, 7) is 7.77. The van der Waals surface area contributed by atoms with Gasteiger partial charge < -0.3 is 10.4 Å². The molecule has 0 saturated heterocycles. The second-order valence-corrected chi connectivity index (χ2v) is 14.1. The summed E-state index contributed by atoms with van der Waals surface area (Å²) < 4.78 is 58.4. The van der Waals surface area contributed by atoms with Crippen LogP contribution in [0.5, 0.6) is 0 Å². The van der Waals surface area contributed by atoms with Crippen molar-refractivity contribution in [3.63, 3.8) is 0 Å². The first-order valence-corrected chi connectivity index (χ1v) is 17.8. The van der Waals surface area contributed by atoms with Gasteiger partial charge in [-0.1, -0.05) is 60.5 Å². The molecule has 0 bridgehead atoms. The van der Waals surface area contributed by atoms with Crippen LogP contribution >= 0.6 is 0 Å². The van der Waals surface area contributed by atoms with E-state index in [2.05, 4.69) is 16.8 Å². The Kier molecular flexibility index (Phi) is 11.2. The molecule has 0 spiro atoms. The quantitative estimate of drug-likeness (QED) is 0.150. The number of hydrogen-bond donors (Lipinski definition) is 4. The van der Waals surface area contributed by atoms with Crippen LogP contribution < -0.4 is 10.0 Å². The van der Waals surface area contributed by atoms with Crippen molar-refractivity contribution in [2.24, 2.45) is 0 Å². The molecular weight excluding hydrogens is 641 g/mol. The summed E-state index contributed by atoms with van der Waals surface area (Å²) in [6.07, 6.45) is 0.745. The lowest BCUT2D eigenvalue weighted by molar-refractivity contribution is 0.199. The van der Waals surface area contributed by atoms with E-state index < -0.39 is 32.3 Å². The third-order valence-electron chi connectivity index (χ3n) is 7.32. The smallest absolute Gasteiger partial charge is 0.328 e. The van der Waals surface area contributed by atoms with E-state index >= 15 is 0 Å². The number of benzene rings is 4. The second kappa shape index (κ2) is 14.9. The zero-order valence-corrected chi connectivity index (χ0v) is 28.1. The van der Waals surface area contributed by atoms with E-state index in [9.17, 15) is 26.7 Å². The zero-order chi connectivity index (χ0) is 34.4. The summed E-state index contributed by atoms with van der Waals surface area (Å²) >= 11 is 0. The molecule has 1 heterocycles. The minimum atomic E-state index is -4.02. The van der Waals surface area contributed by atoms with Gasteiger partial charge in [-0.25, -0.2) is 22.9 Å². The van der Waals surface area contributed by atoms with Crippen molar-refractivity contribution >= 4 is 37.2 Å². The maximum atomic E-state index is 12.3. The molecule has 5 rings (SSSR count). The fraction of sp³-hybridized carbons (Fsp3) is 0.235. The highest BCUT2D eigenvalue weighted by molar-refractivity contribution is 7.90. The summed E-state index contributed by atoms with van der Waals surface area (Å²) in [7, 11) is -7.94. The Morgan fingerprint density at radius 2 is 1.43 bits per heavy atom. The molecular formula is C34H38N4O7S2. The van der Waals surface area contributed by atoms with E-state index in [0.717, 1.165) is 51.2 Å². The topological polar surface area (TPSA) is 168 Å². The van der Waals surface area contributed by atoms with Crippen molar-refractivity contribution in [1.29, 1.82) is 0 Å². The highest BCUT2D eigenvalue weighted by Crippen LogP contribution is 2.25. The summed E-state index contributed by atoms with van der Waals surface area (Å²) in [5.74, 6) is 0.925. The SMILES string of the molecule is CCc1nc2cc(C(C)O)ccc2n1-c1ccc(CCNC(=O)NS(=O)(=O)c2ccc(C)cc2)cc1.Cc1ccc(S(=O)(=O)O)cc1. The molecule has 1 unspecified atom stereocenters. The van der Waals surface area contributed by atoms with Gasteiger partial charge in [-0.05, 0) is 86.8 Å². The van der Waals surface area contributed by atoms with Crippen molar-refractivity contribution in [3.05, 3.63) is 119 Å². The number of hydrogen-bond acceptors (Lipinski definition) is 7. The number of urea groups is 1. The number of aliphatic hydroxyl groups is 1. The molecule has 0 aliphatic heterocycles. The summed E-state index contributed by atoms with van der Waals surface area (Å²) in [5, 5.41) is 12.5. The zero-order valence-electron chi connectivity index (χ0n) is 26.5. The molecule has 13 heteroatoms. The average molecular weight is 679 g/mol. The summed E-state index contributed by atoms with van der Waals surface area (Å²) in [6, 6.07) is 25.3. The van der Waals surface area contributed by atoms with Gasteiger partial charge in [0.25, 0.3) is 20.1 Å². The van der Waals surface area contributed by atoms with Crippen molar-refractivity contribution in [3.8, 4) is 5.69 Å². The average Bonchev–Trinajstić information content (AvgIpc) is 3.39. The lowest BCUT2D eigenvalue weighted by Gasteiger charge is -2.11. The van der Waals surface area contributed by atoms with E-state index in [1.165, 1.54) is 24.3 Å². The maximum Gasteiger partial charge on any atom is 0.328 e. The number of nitrogens with one attached hydrogen (secondary N) is 2. The van der Waals surface area contributed by atoms with E-state index in [4.69, 9.17) is 9.54 Å². The highest BCUT2D eigenvalue weighted by atomic mass is 32.2. The number of imidazole rings is 1. The first-order valence-electron chi connectivity index (χ1n) is 14.9. The highest BCUT2D eigenvalue weighted by Gasteiger charge is 2.17. The number of aromatic nitrogens is 2. The molecule has 248 valence electrons. The number of carbonyl (C=O) groups is 1. The molecule has 2 amide bonds. The molecule has 0 saturated carbocycles. The van der Waals surface area contributed by atoms with Gasteiger partial charge in [-0.2, -0.15) is 8.42 Å². The molecule has 4 N–H and O–H groups in total. The Hall–Kier alpha value is -4.56. The second-order valence-electron chi connectivity index (χ2n) is 11.0. The van der Waals surface area contributed by atoms with Gasteiger partial charge >= 0.3 is 6.03 Å². The lowest BCUT2D eigenvalue weighted by Crippen LogP contribution is -2.40. The Morgan fingerprint density at radius 3 is 1.96 bits per heavy atom. The van der Waals surface area contributed by atoms with Crippen LogP contribution in [0.2, 0.25) is 0 Å². The monoisotopic (exact) mass is 678 g/mol. The van der Waals surface area contributed by atoms with Crippen LogP contribution in [-0.4, -0.2) is 48.6 Å². The van der Waals surface area contributed by atoms with Gasteiger partial charge in [-0.3, -0.25) is 9.12 Å². The van der Waals surface area contributed by atoms with Gasteiger partial charge in [0.15, 0.2) is 0 Å². The standard InChI is InChI=1S/C27H30N4O4S.C7H8O3S/c1-4-26-29-24-17-21(19(3)32)9-14-25(24)31(26)22-10-7-20(8-11-22)15-16-28-27(33)30-36(34,35)23-12-5-18(2)6-13-23;1-6-2-4-7(5-3-6)11(8,9)10/h5-14,17,19,32H,4,15-16H2,1-3H3,(H2,28,30,33);2-5H,1H3,(H,8,9,10). The first-order chi connectivity index (χ1) is 22.2. The number of aliphatic hydroxyl groups excluding tert-OH is 1. The fourth-order valence-electron chi connectivity index (χ4n) is 4.71. The Bertz CT molecular complexity index is 2060. The number of aryl methyl sites for hydroxylation is 3. The number of sulfonamides is 1. The minimum Gasteiger partial charge on any atom is -0.389 e. The number of fused-ring (bicyclic) bond motifs is 1. The van der Waals surface area contributed by atoms with Crippen molar-refractivity contribution in [2.45, 2.75) is 56.4 Å². The molecule has 0 radical (unpaired) electrons. The molecule has 47 heavy (non-hydrogen) atoms. The van der Waals surface area contributed by atoms with E-state index in [1.54, 1.807) is 31.2 Å². The van der Waals surface area contributed by atoms with Crippen LogP contribution in [0.3, 0.4) is 0 Å². The van der Waals surface area contributed by atoms with Crippen LogP contribution in [0.25, 0.3) is 16.7 Å². The first kappa shape index (κ1) is 35.3. The number of amides is 2. The molecule has 0 aliphatic rings. The van der Waals surface area contributed by atoms with Gasteiger partial charge in [0.2, 0.25) is 0 Å². The molecule has 0 fully saturated rings. The minimum absolute atomic E-state index is 0.0411. The van der Waals surface area contributed by atoms with Crippen molar-refractivity contribution < 1.29 is 31.3 Å². The van der Waals surface area contributed by atoms with Crippen molar-refractivity contribution in [1.82, 2.24) is 19.6 Å². The van der Waals surface area contributed by atoms with Gasteiger partial charge in [-0.15, -0.1) is 0 Å². The largest absolute Gasteiger partial charge is 0.389 e. The fourth-order valence-corrected chi connectivity index (χ4v) is 6.12. The number of carbonyl (C=O) groups excluding carboxylic acids is 1. The summed E-state index contributed by atoms with van der Waals surface area (Å²) in [4.78, 5) is 16.9. The predicted octanol–water partition coefficient (Wildman–Crippen LogP) is 5.42. The molecule has 4 aromatic carbocycles. The van der Waals surface area contributed by atoms with E-state index in [-0.39, 0.29) is 16.3 Å². The Balaban J connectivity index is 0.000000385. The van der Waals surface area contributed by atoms with Gasteiger partial charge in [0.1, 0.15) is 5.82 Å². The lowest BCUT2D eigenvalue weighted by atomic mass is 10.1. The number of nitrogens with zero attached hydrogens (tertiary/aromatic N) is 2. The summed E-state index contributed by atoms with van der Waals surface area (Å²) in [5.41, 5.74) is 6.49. The van der Waals surface area contributed by atoms with Crippen LogP contribution in [-0.2, 0) is 33.0 Å². The third-order valence-corrected chi connectivity index (χ3v) is 9.53. The third kappa shape index (κ3) is 9.26. The normalized spacial score (nSPS) is 12.2. The molecule has 1 aromatic heterocycles. The molecule has 5 aromatic rings. The molecule has 1 atom stereocenters. The van der Waals surface area contributed by atoms with Crippen molar-refractivity contribution in [2.75, 3.05) is 6.54 Å². The van der Waals surface area contributed by atoms with Crippen LogP contribution in [0.1, 0.15) is 48.0 Å². The van der Waals surface area contributed by atoms with Crippen LogP contribution in [0, 0.1) is 13.8 Å². The number of rotatable bonds is 9. The van der Waals surface area contributed by atoms with E-state index in [0.29, 0.717) is 6.42 Å².